The molecule has 0 radical (unpaired) electrons. The minimum absolute atomic E-state index is 0.0228. The Bertz CT molecular complexity index is 423. The molecule has 152 valence electrons. The molecule has 0 aromatic heterocycles. The van der Waals surface area contributed by atoms with E-state index >= 15 is 0 Å². The number of hydrogen-bond donors (Lipinski definition) is 5. The van der Waals surface area contributed by atoms with Crippen LogP contribution in [0.1, 0.15) is 71.1 Å². The molecule has 26 heavy (non-hydrogen) atoms. The summed E-state index contributed by atoms with van der Waals surface area (Å²) >= 11 is 0. The Hall–Kier alpha value is -0.950. The largest absolute Gasteiger partial charge is 0.481 e. The fourth-order valence-corrected chi connectivity index (χ4v) is 3.76. The molecule has 0 aromatic carbocycles. The summed E-state index contributed by atoms with van der Waals surface area (Å²) in [7, 11) is 0. The van der Waals surface area contributed by atoms with Gasteiger partial charge in [0.1, 0.15) is 0 Å². The van der Waals surface area contributed by atoms with Gasteiger partial charge >= 0.3 is 5.97 Å². The van der Waals surface area contributed by atoms with E-state index in [1.807, 2.05) is 6.08 Å². The average molecular weight is 373 g/mol. The number of hydrogen-bond acceptors (Lipinski definition) is 5. The van der Waals surface area contributed by atoms with Crippen molar-refractivity contribution in [2.24, 2.45) is 11.8 Å². The lowest BCUT2D eigenvalue weighted by Crippen LogP contribution is -2.21. The standard InChI is InChI=1S/C20H36O6/c1-14(21)7-6-8-15(22)11-12-17-16(18(23)13-19(17)24)9-4-2-3-5-10-20(25)26/h11-12,14-19,21-24H,2-10,13H2,1H3,(H,25,26)/b12-11+/t14-,15-,16?,17-,18?,19?/m1/s1. The molecule has 1 rings (SSSR count). The summed E-state index contributed by atoms with van der Waals surface area (Å²) in [6.07, 6.45) is 8.10. The van der Waals surface area contributed by atoms with Crippen LogP contribution in [0.25, 0.3) is 0 Å². The van der Waals surface area contributed by atoms with Crippen molar-refractivity contribution >= 4 is 5.97 Å². The van der Waals surface area contributed by atoms with Crippen molar-refractivity contribution in [3.63, 3.8) is 0 Å². The quantitative estimate of drug-likeness (QED) is 0.250. The molecule has 6 nitrogen and oxygen atoms in total. The summed E-state index contributed by atoms with van der Waals surface area (Å²) in [6.45, 7) is 1.73. The van der Waals surface area contributed by atoms with Crippen molar-refractivity contribution in [3.8, 4) is 0 Å². The van der Waals surface area contributed by atoms with Crippen molar-refractivity contribution in [2.75, 3.05) is 0 Å². The summed E-state index contributed by atoms with van der Waals surface area (Å²) in [6, 6.07) is 0. The van der Waals surface area contributed by atoms with E-state index in [9.17, 15) is 25.2 Å². The Morgan fingerprint density at radius 1 is 1.04 bits per heavy atom. The van der Waals surface area contributed by atoms with Gasteiger partial charge in [0.25, 0.3) is 0 Å². The minimum Gasteiger partial charge on any atom is -0.481 e. The van der Waals surface area contributed by atoms with Crippen LogP contribution in [0.15, 0.2) is 12.2 Å². The first-order valence-electron chi connectivity index (χ1n) is 9.93. The van der Waals surface area contributed by atoms with Gasteiger partial charge in [-0.1, -0.05) is 31.4 Å². The zero-order valence-electron chi connectivity index (χ0n) is 15.8. The Morgan fingerprint density at radius 3 is 2.38 bits per heavy atom. The van der Waals surface area contributed by atoms with Gasteiger partial charge in [0.2, 0.25) is 0 Å². The first kappa shape index (κ1) is 23.1. The van der Waals surface area contributed by atoms with Crippen molar-refractivity contribution < 1.29 is 30.3 Å². The Labute approximate surface area is 156 Å². The number of carboxylic acid groups (broad SMARTS) is 1. The zero-order chi connectivity index (χ0) is 19.5. The predicted octanol–water partition coefficient (Wildman–Crippen LogP) is 2.24. The number of unbranched alkanes of at least 4 members (excludes halogenated alkanes) is 3. The Morgan fingerprint density at radius 2 is 1.73 bits per heavy atom. The molecule has 0 aliphatic heterocycles. The van der Waals surface area contributed by atoms with Gasteiger partial charge < -0.3 is 25.5 Å². The molecule has 1 saturated carbocycles. The number of carboxylic acids is 1. The number of aliphatic hydroxyl groups is 4. The molecule has 6 atom stereocenters. The molecule has 0 saturated heterocycles. The van der Waals surface area contributed by atoms with Gasteiger partial charge in [0, 0.05) is 18.8 Å². The Kier molecular flexibility index (Phi) is 11.0. The monoisotopic (exact) mass is 372 g/mol. The fourth-order valence-electron chi connectivity index (χ4n) is 3.76. The molecular weight excluding hydrogens is 336 g/mol. The third-order valence-electron chi connectivity index (χ3n) is 5.27. The highest BCUT2D eigenvalue weighted by molar-refractivity contribution is 5.66. The van der Waals surface area contributed by atoms with Crippen LogP contribution in [0.4, 0.5) is 0 Å². The summed E-state index contributed by atoms with van der Waals surface area (Å²) in [5.41, 5.74) is 0. The molecule has 0 amide bonds. The molecule has 0 heterocycles. The van der Waals surface area contributed by atoms with E-state index in [1.54, 1.807) is 13.0 Å². The molecule has 6 heteroatoms. The smallest absolute Gasteiger partial charge is 0.303 e. The lowest BCUT2D eigenvalue weighted by molar-refractivity contribution is -0.137. The highest BCUT2D eigenvalue weighted by Crippen LogP contribution is 2.37. The highest BCUT2D eigenvalue weighted by Gasteiger charge is 2.39. The molecule has 0 aromatic rings. The van der Waals surface area contributed by atoms with Crippen molar-refractivity contribution in [3.05, 3.63) is 12.2 Å². The molecule has 1 fully saturated rings. The molecular formula is C20H36O6. The molecule has 1 aliphatic carbocycles. The van der Waals surface area contributed by atoms with Gasteiger partial charge in [-0.25, -0.2) is 0 Å². The van der Waals surface area contributed by atoms with Crippen LogP contribution in [0, 0.1) is 11.8 Å². The maximum Gasteiger partial charge on any atom is 0.303 e. The van der Waals surface area contributed by atoms with E-state index in [2.05, 4.69) is 0 Å². The zero-order valence-corrected chi connectivity index (χ0v) is 15.8. The van der Waals surface area contributed by atoms with Gasteiger partial charge in [0.05, 0.1) is 24.4 Å². The average Bonchev–Trinajstić information content (AvgIpc) is 2.81. The number of aliphatic carboxylic acids is 1. The highest BCUT2D eigenvalue weighted by atomic mass is 16.4. The van der Waals surface area contributed by atoms with Gasteiger partial charge in [0.15, 0.2) is 0 Å². The normalized spacial score (nSPS) is 28.5. The molecule has 0 spiro atoms. The second-order valence-corrected chi connectivity index (χ2v) is 7.69. The number of aliphatic hydroxyl groups excluding tert-OH is 4. The second kappa shape index (κ2) is 12.4. The van der Waals surface area contributed by atoms with Crippen LogP contribution in [-0.2, 0) is 4.79 Å². The summed E-state index contributed by atoms with van der Waals surface area (Å²) in [5.74, 6) is -0.947. The molecule has 1 aliphatic rings. The number of rotatable bonds is 13. The van der Waals surface area contributed by atoms with Crippen molar-refractivity contribution in [1.29, 1.82) is 0 Å². The Balaban J connectivity index is 2.38. The van der Waals surface area contributed by atoms with E-state index < -0.39 is 24.3 Å². The summed E-state index contributed by atoms with van der Waals surface area (Å²) in [5, 5.41) is 48.3. The maximum atomic E-state index is 10.5. The fraction of sp³-hybridized carbons (Fsp3) is 0.850. The predicted molar refractivity (Wildman–Crippen MR) is 99.6 cm³/mol. The van der Waals surface area contributed by atoms with Crippen molar-refractivity contribution in [2.45, 2.75) is 95.5 Å². The molecule has 5 N–H and O–H groups in total. The van der Waals surface area contributed by atoms with Crippen LogP contribution in [0.3, 0.4) is 0 Å². The van der Waals surface area contributed by atoms with Crippen LogP contribution in [0.5, 0.6) is 0 Å². The summed E-state index contributed by atoms with van der Waals surface area (Å²) < 4.78 is 0. The molecule has 0 bridgehead atoms. The third kappa shape index (κ3) is 9.12. The first-order chi connectivity index (χ1) is 12.3. The maximum absolute atomic E-state index is 10.5. The van der Waals surface area contributed by atoms with E-state index in [0.717, 1.165) is 32.1 Å². The van der Waals surface area contributed by atoms with Crippen molar-refractivity contribution in [1.82, 2.24) is 0 Å². The number of carbonyl (C=O) groups is 1. The lowest BCUT2D eigenvalue weighted by atomic mass is 9.88. The SMILES string of the molecule is C[C@@H](O)CCC[C@@H](O)/C=C/[C@H]1C(O)CC(O)C1CCCCCCC(=O)O. The van der Waals surface area contributed by atoms with Gasteiger partial charge in [-0.05, 0) is 44.9 Å². The first-order valence-corrected chi connectivity index (χ1v) is 9.93. The summed E-state index contributed by atoms with van der Waals surface area (Å²) in [4.78, 5) is 10.5. The van der Waals surface area contributed by atoms with E-state index in [4.69, 9.17) is 5.11 Å². The third-order valence-corrected chi connectivity index (χ3v) is 5.27. The van der Waals surface area contributed by atoms with E-state index in [1.165, 1.54) is 0 Å². The van der Waals surface area contributed by atoms with E-state index in [0.29, 0.717) is 25.7 Å². The van der Waals surface area contributed by atoms with Crippen LogP contribution >= 0.6 is 0 Å². The van der Waals surface area contributed by atoms with E-state index in [-0.39, 0.29) is 24.4 Å². The lowest BCUT2D eigenvalue weighted by Gasteiger charge is -2.21. The van der Waals surface area contributed by atoms with Crippen LogP contribution in [0.2, 0.25) is 0 Å². The minimum atomic E-state index is -0.767. The second-order valence-electron chi connectivity index (χ2n) is 7.69. The van der Waals surface area contributed by atoms with Crippen LogP contribution < -0.4 is 0 Å². The van der Waals surface area contributed by atoms with Gasteiger partial charge in [-0.2, -0.15) is 0 Å². The molecule has 3 unspecified atom stereocenters. The van der Waals surface area contributed by atoms with Gasteiger partial charge in [-0.15, -0.1) is 0 Å². The van der Waals surface area contributed by atoms with Crippen LogP contribution in [-0.4, -0.2) is 55.9 Å². The van der Waals surface area contributed by atoms with Gasteiger partial charge in [-0.3, -0.25) is 4.79 Å². The topological polar surface area (TPSA) is 118 Å².